The Morgan fingerprint density at radius 1 is 0.692 bits per heavy atom. The van der Waals surface area contributed by atoms with Crippen molar-refractivity contribution < 1.29 is 13.3 Å². The summed E-state index contributed by atoms with van der Waals surface area (Å²) < 4.78 is 16.3. The Bertz CT molecular complexity index is 474. The molecule has 0 saturated heterocycles. The van der Waals surface area contributed by atoms with E-state index in [1.54, 1.807) is 35.4 Å². The monoisotopic (exact) mass is 386 g/mol. The van der Waals surface area contributed by atoms with Gasteiger partial charge in [0.05, 0.1) is 0 Å². The number of rotatable bonds is 15. The first-order valence-corrected chi connectivity index (χ1v) is 11.1. The van der Waals surface area contributed by atoms with Crippen LogP contribution in [0.4, 0.5) is 17.8 Å². The van der Waals surface area contributed by atoms with Crippen molar-refractivity contribution in [2.75, 3.05) is 57.9 Å². The zero-order chi connectivity index (χ0) is 19.3. The maximum atomic E-state index is 5.43. The molecule has 0 unspecified atom stereocenters. The van der Waals surface area contributed by atoms with E-state index in [4.69, 9.17) is 13.3 Å². The normalized spacial score (nSPS) is 11.4. The fraction of sp³-hybridized carbons (Fsp3) is 0.812. The second kappa shape index (κ2) is 12.8. The maximum Gasteiger partial charge on any atom is 0.500 e. The molecule has 9 nitrogen and oxygen atoms in total. The molecule has 0 amide bonds. The molecule has 0 atom stereocenters. The summed E-state index contributed by atoms with van der Waals surface area (Å²) in [5.41, 5.74) is 0. The molecule has 1 aromatic rings. The van der Waals surface area contributed by atoms with E-state index in [1.807, 2.05) is 0 Å². The summed E-state index contributed by atoms with van der Waals surface area (Å²) in [6.45, 7) is 0.851. The van der Waals surface area contributed by atoms with Gasteiger partial charge in [0.2, 0.25) is 17.8 Å². The van der Waals surface area contributed by atoms with Gasteiger partial charge in [-0.25, -0.2) is 0 Å². The Balaban J connectivity index is 2.13. The van der Waals surface area contributed by atoms with Gasteiger partial charge in [0.1, 0.15) is 0 Å². The summed E-state index contributed by atoms with van der Waals surface area (Å²) in [5.74, 6) is 1.69. The first-order valence-electron chi connectivity index (χ1n) is 9.14. The second-order valence-corrected chi connectivity index (χ2v) is 8.99. The molecule has 150 valence electrons. The van der Waals surface area contributed by atoms with Gasteiger partial charge in [-0.1, -0.05) is 25.7 Å². The lowest BCUT2D eigenvalue weighted by Gasteiger charge is -2.24. The van der Waals surface area contributed by atoms with Gasteiger partial charge in [0.25, 0.3) is 0 Å². The third-order valence-electron chi connectivity index (χ3n) is 4.21. The minimum Gasteiger partial charge on any atom is -0.377 e. The number of nitrogens with one attached hydrogen (secondary N) is 3. The summed E-state index contributed by atoms with van der Waals surface area (Å²) in [4.78, 5) is 12.8. The van der Waals surface area contributed by atoms with E-state index >= 15 is 0 Å². The molecule has 0 aliphatic carbocycles. The van der Waals surface area contributed by atoms with Gasteiger partial charge in [-0.15, -0.1) is 0 Å². The fourth-order valence-electron chi connectivity index (χ4n) is 2.61. The molecule has 1 aromatic heterocycles. The molecular formula is C16H34N6O3Si. The van der Waals surface area contributed by atoms with E-state index < -0.39 is 8.80 Å². The highest BCUT2D eigenvalue weighted by Crippen LogP contribution is 2.18. The highest BCUT2D eigenvalue weighted by molar-refractivity contribution is 6.60. The Morgan fingerprint density at radius 3 is 1.65 bits per heavy atom. The molecule has 0 spiro atoms. The van der Waals surface area contributed by atoms with Crippen LogP contribution in [0.3, 0.4) is 0 Å². The molecule has 0 saturated carbocycles. The Morgan fingerprint density at radius 2 is 1.15 bits per heavy atom. The molecule has 1 heterocycles. The number of anilines is 3. The summed E-state index contributed by atoms with van der Waals surface area (Å²) >= 11 is 0. The van der Waals surface area contributed by atoms with E-state index in [2.05, 4.69) is 30.9 Å². The number of nitrogens with zero attached hydrogens (tertiary/aromatic N) is 3. The molecule has 0 aliphatic heterocycles. The van der Waals surface area contributed by atoms with Crippen LogP contribution in [0.15, 0.2) is 0 Å². The average Bonchev–Trinajstić information content (AvgIpc) is 2.69. The largest absolute Gasteiger partial charge is 0.500 e. The van der Waals surface area contributed by atoms with Crippen LogP contribution in [0.1, 0.15) is 38.5 Å². The first-order chi connectivity index (χ1) is 12.6. The third kappa shape index (κ3) is 7.81. The Hall–Kier alpha value is -1.49. The number of aromatic nitrogens is 3. The predicted molar refractivity (Wildman–Crippen MR) is 107 cm³/mol. The highest BCUT2D eigenvalue weighted by Gasteiger charge is 2.36. The van der Waals surface area contributed by atoms with Crippen LogP contribution in [0.25, 0.3) is 0 Å². The van der Waals surface area contributed by atoms with Gasteiger partial charge in [0.15, 0.2) is 0 Å². The lowest BCUT2D eigenvalue weighted by molar-refractivity contribution is 0.122. The molecule has 0 aromatic carbocycles. The molecule has 0 fully saturated rings. The van der Waals surface area contributed by atoms with Crippen molar-refractivity contribution in [2.24, 2.45) is 0 Å². The molecular weight excluding hydrogens is 352 g/mol. The maximum absolute atomic E-state index is 5.43. The predicted octanol–water partition coefficient (Wildman–Crippen LogP) is 2.59. The molecule has 0 aliphatic rings. The lowest BCUT2D eigenvalue weighted by atomic mass is 10.1. The smallest absolute Gasteiger partial charge is 0.377 e. The fourth-order valence-corrected chi connectivity index (χ4v) is 4.40. The van der Waals surface area contributed by atoms with Crippen LogP contribution in [0.5, 0.6) is 0 Å². The number of hydrogen-bond donors (Lipinski definition) is 3. The Kier molecular flexibility index (Phi) is 11.1. The highest BCUT2D eigenvalue weighted by atomic mass is 28.4. The second-order valence-electron chi connectivity index (χ2n) is 5.90. The van der Waals surface area contributed by atoms with Crippen LogP contribution >= 0.6 is 0 Å². The Labute approximate surface area is 158 Å². The van der Waals surface area contributed by atoms with Crippen molar-refractivity contribution in [3.63, 3.8) is 0 Å². The van der Waals surface area contributed by atoms with Gasteiger partial charge in [-0.05, 0) is 12.8 Å². The van der Waals surface area contributed by atoms with Crippen LogP contribution in [0, 0.1) is 0 Å². The van der Waals surface area contributed by atoms with E-state index in [0.29, 0.717) is 17.8 Å². The zero-order valence-electron chi connectivity index (χ0n) is 16.7. The summed E-state index contributed by atoms with van der Waals surface area (Å²) in [6.07, 6.45) is 6.93. The van der Waals surface area contributed by atoms with Crippen LogP contribution in [0.2, 0.25) is 6.04 Å². The van der Waals surface area contributed by atoms with Crippen molar-refractivity contribution in [1.29, 1.82) is 0 Å². The van der Waals surface area contributed by atoms with Crippen molar-refractivity contribution in [3.8, 4) is 0 Å². The first kappa shape index (κ1) is 22.5. The number of unbranched alkanes of at least 4 members (excludes halogenated alkanes) is 5. The van der Waals surface area contributed by atoms with Crippen LogP contribution < -0.4 is 16.0 Å². The van der Waals surface area contributed by atoms with Crippen molar-refractivity contribution in [2.45, 2.75) is 44.6 Å². The minimum atomic E-state index is -2.39. The quantitative estimate of drug-likeness (QED) is 0.310. The van der Waals surface area contributed by atoms with Gasteiger partial charge in [-0.3, -0.25) is 0 Å². The third-order valence-corrected chi connectivity index (χ3v) is 7.04. The summed E-state index contributed by atoms with van der Waals surface area (Å²) in [6, 6.07) is 0.874. The SMILES string of the molecule is CNc1nc(NC)nc(NCCCCCCCC[Si](OC)(OC)OC)n1. The van der Waals surface area contributed by atoms with Crippen molar-refractivity contribution >= 4 is 26.6 Å². The molecule has 0 bridgehead atoms. The number of hydrogen-bond acceptors (Lipinski definition) is 9. The van der Waals surface area contributed by atoms with Gasteiger partial charge < -0.3 is 29.2 Å². The molecule has 3 N–H and O–H groups in total. The topological polar surface area (TPSA) is 102 Å². The summed E-state index contributed by atoms with van der Waals surface area (Å²) in [5, 5.41) is 9.11. The van der Waals surface area contributed by atoms with E-state index in [1.165, 1.54) is 25.7 Å². The van der Waals surface area contributed by atoms with Crippen molar-refractivity contribution in [1.82, 2.24) is 15.0 Å². The van der Waals surface area contributed by atoms with Crippen molar-refractivity contribution in [3.05, 3.63) is 0 Å². The molecule has 0 radical (unpaired) electrons. The lowest BCUT2D eigenvalue weighted by Crippen LogP contribution is -2.42. The van der Waals surface area contributed by atoms with Crippen LogP contribution in [-0.2, 0) is 13.3 Å². The van der Waals surface area contributed by atoms with E-state index in [-0.39, 0.29) is 0 Å². The standard InChI is InChI=1S/C16H34N6O3Si/c1-17-14-20-15(18-2)22-16(21-14)19-12-10-8-6-7-9-11-13-26(23-3,24-4)25-5/h6-13H2,1-5H3,(H3,17,18,19,20,21,22). The minimum absolute atomic E-state index is 0.551. The molecule has 26 heavy (non-hydrogen) atoms. The van der Waals surface area contributed by atoms with Gasteiger partial charge >= 0.3 is 8.80 Å². The average molecular weight is 387 g/mol. The zero-order valence-corrected chi connectivity index (χ0v) is 17.7. The molecule has 1 rings (SSSR count). The van der Waals surface area contributed by atoms with Gasteiger partial charge in [0, 0.05) is 48.0 Å². The van der Waals surface area contributed by atoms with Crippen LogP contribution in [-0.4, -0.2) is 65.7 Å². The van der Waals surface area contributed by atoms with Gasteiger partial charge in [-0.2, -0.15) is 15.0 Å². The summed E-state index contributed by atoms with van der Waals surface area (Å²) in [7, 11) is 6.18. The van der Waals surface area contributed by atoms with E-state index in [9.17, 15) is 0 Å². The van der Waals surface area contributed by atoms with E-state index in [0.717, 1.165) is 25.4 Å². The molecule has 10 heteroatoms.